The fraction of sp³-hybridized carbons (Fsp3) is 0.105. The smallest absolute Gasteiger partial charge is 0.177 e. The van der Waals surface area contributed by atoms with E-state index in [-0.39, 0.29) is 0 Å². The van der Waals surface area contributed by atoms with Gasteiger partial charge < -0.3 is 0 Å². The van der Waals surface area contributed by atoms with Crippen molar-refractivity contribution in [3.8, 4) is 32.3 Å². The molecule has 0 atom stereocenters. The maximum absolute atomic E-state index is 6.03. The van der Waals surface area contributed by atoms with Gasteiger partial charge in [0.2, 0.25) is 5.82 Å². The number of nitrogens with one attached hydrogen (secondary N) is 1. The van der Waals surface area contributed by atoms with Crippen LogP contribution in [0.4, 0.5) is 0 Å². The third-order valence-electron chi connectivity index (χ3n) is 4.03. The van der Waals surface area contributed by atoms with Crippen molar-refractivity contribution < 1.29 is 0 Å². The maximum Gasteiger partial charge on any atom is 0.214 e. The largest absolute Gasteiger partial charge is 0.214 e. The molecule has 0 saturated heterocycles. The van der Waals surface area contributed by atoms with Crippen molar-refractivity contribution in [2.45, 2.75) is 11.8 Å². The van der Waals surface area contributed by atoms with Crippen molar-refractivity contribution in [3.05, 3.63) is 65.7 Å². The number of benzene rings is 2. The van der Waals surface area contributed by atoms with E-state index < -0.39 is 0 Å². The Morgan fingerprint density at radius 1 is 0.885 bits per heavy atom. The minimum absolute atomic E-state index is 0.479. The number of H-pyrrole nitrogens is 1. The minimum Gasteiger partial charge on any atom is -0.177 e. The number of rotatable bonds is 5. The SMILES string of the molecule is ClCc1cccc(-c2cc(-c3nn[nH]n3)sc2-c2cccc(CCl)c2)c1. The molecule has 4 rings (SSSR count). The molecular weight excluding hydrogens is 387 g/mol. The number of halogens is 2. The van der Waals surface area contributed by atoms with Crippen molar-refractivity contribution in [1.29, 1.82) is 0 Å². The number of tetrazole rings is 1. The van der Waals surface area contributed by atoms with Crippen molar-refractivity contribution in [2.24, 2.45) is 0 Å². The van der Waals surface area contributed by atoms with Gasteiger partial charge in [-0.25, -0.2) is 0 Å². The molecular formula is C19H14Cl2N4S. The van der Waals surface area contributed by atoms with Gasteiger partial charge in [-0.15, -0.1) is 44.7 Å². The number of aromatic nitrogens is 4. The summed E-state index contributed by atoms with van der Waals surface area (Å²) in [7, 11) is 0. The maximum atomic E-state index is 6.03. The monoisotopic (exact) mass is 400 g/mol. The van der Waals surface area contributed by atoms with Gasteiger partial charge in [0.25, 0.3) is 0 Å². The molecule has 0 fully saturated rings. The lowest BCUT2D eigenvalue weighted by atomic mass is 10.00. The van der Waals surface area contributed by atoms with Crippen LogP contribution in [0.25, 0.3) is 32.3 Å². The zero-order valence-corrected chi connectivity index (χ0v) is 15.9. The average molecular weight is 401 g/mol. The van der Waals surface area contributed by atoms with Gasteiger partial charge in [0.1, 0.15) is 0 Å². The molecule has 0 aliphatic carbocycles. The number of hydrogen-bond donors (Lipinski definition) is 1. The topological polar surface area (TPSA) is 54.5 Å². The van der Waals surface area contributed by atoms with Gasteiger partial charge in [-0.2, -0.15) is 5.21 Å². The molecule has 0 radical (unpaired) electrons. The summed E-state index contributed by atoms with van der Waals surface area (Å²) in [6.07, 6.45) is 0. The van der Waals surface area contributed by atoms with E-state index in [1.165, 1.54) is 0 Å². The van der Waals surface area contributed by atoms with Crippen LogP contribution in [0.3, 0.4) is 0 Å². The second-order valence-corrected chi connectivity index (χ2v) is 7.34. The Morgan fingerprint density at radius 2 is 1.58 bits per heavy atom. The van der Waals surface area contributed by atoms with Crippen LogP contribution in [-0.2, 0) is 11.8 Å². The van der Waals surface area contributed by atoms with Gasteiger partial charge in [0.15, 0.2) is 0 Å². The van der Waals surface area contributed by atoms with Gasteiger partial charge in [-0.3, -0.25) is 0 Å². The average Bonchev–Trinajstić information content (AvgIpc) is 3.37. The number of alkyl halides is 2. The molecule has 4 nitrogen and oxygen atoms in total. The van der Waals surface area contributed by atoms with Crippen molar-refractivity contribution in [2.75, 3.05) is 0 Å². The lowest BCUT2D eigenvalue weighted by Gasteiger charge is -2.07. The number of nitrogens with zero attached hydrogens (tertiary/aromatic N) is 3. The Kier molecular flexibility index (Phi) is 5.02. The molecule has 26 heavy (non-hydrogen) atoms. The van der Waals surface area contributed by atoms with Crippen LogP contribution in [0, 0.1) is 0 Å². The fourth-order valence-corrected chi connectivity index (χ4v) is 4.25. The summed E-state index contributed by atoms with van der Waals surface area (Å²) >= 11 is 13.7. The van der Waals surface area contributed by atoms with E-state index in [0.29, 0.717) is 17.6 Å². The van der Waals surface area contributed by atoms with E-state index >= 15 is 0 Å². The Balaban J connectivity index is 1.90. The molecule has 0 aliphatic heterocycles. The fourth-order valence-electron chi connectivity index (χ4n) is 2.81. The van der Waals surface area contributed by atoms with Gasteiger partial charge in [-0.05, 0) is 45.7 Å². The zero-order valence-electron chi connectivity index (χ0n) is 13.6. The van der Waals surface area contributed by atoms with Gasteiger partial charge in [0, 0.05) is 22.2 Å². The highest BCUT2D eigenvalue weighted by molar-refractivity contribution is 7.19. The Morgan fingerprint density at radius 3 is 2.23 bits per heavy atom. The van der Waals surface area contributed by atoms with Crippen LogP contribution >= 0.6 is 34.5 Å². The molecule has 7 heteroatoms. The third-order valence-corrected chi connectivity index (χ3v) is 5.83. The molecule has 0 unspecified atom stereocenters. The van der Waals surface area contributed by atoms with Crippen molar-refractivity contribution in [1.82, 2.24) is 20.6 Å². The van der Waals surface area contributed by atoms with Crippen molar-refractivity contribution in [3.63, 3.8) is 0 Å². The van der Waals surface area contributed by atoms with E-state index in [2.05, 4.69) is 51.0 Å². The molecule has 130 valence electrons. The highest BCUT2D eigenvalue weighted by atomic mass is 35.5. The molecule has 2 aromatic carbocycles. The lowest BCUT2D eigenvalue weighted by molar-refractivity contribution is 0.881. The van der Waals surface area contributed by atoms with Crippen LogP contribution in [-0.4, -0.2) is 20.6 Å². The van der Waals surface area contributed by atoms with E-state index in [4.69, 9.17) is 23.2 Å². The number of thiophene rings is 1. The van der Waals surface area contributed by atoms with Crippen LogP contribution in [0.15, 0.2) is 54.6 Å². The van der Waals surface area contributed by atoms with Crippen LogP contribution < -0.4 is 0 Å². The number of aromatic amines is 1. The van der Waals surface area contributed by atoms with Crippen LogP contribution in [0.1, 0.15) is 11.1 Å². The molecule has 0 amide bonds. The molecule has 4 aromatic rings. The van der Waals surface area contributed by atoms with E-state index in [9.17, 15) is 0 Å². The predicted octanol–water partition coefficient (Wildman–Crippen LogP) is 5.74. The highest BCUT2D eigenvalue weighted by Crippen LogP contribution is 2.42. The highest BCUT2D eigenvalue weighted by Gasteiger charge is 2.17. The zero-order chi connectivity index (χ0) is 17.9. The van der Waals surface area contributed by atoms with Gasteiger partial charge in [-0.1, -0.05) is 36.4 Å². The van der Waals surface area contributed by atoms with Crippen molar-refractivity contribution >= 4 is 34.5 Å². The first-order valence-corrected chi connectivity index (χ1v) is 9.85. The molecule has 0 saturated carbocycles. The summed E-state index contributed by atoms with van der Waals surface area (Å²) in [5, 5.41) is 14.4. The van der Waals surface area contributed by atoms with E-state index in [0.717, 1.165) is 37.6 Å². The summed E-state index contributed by atoms with van der Waals surface area (Å²) < 4.78 is 0. The molecule has 2 heterocycles. The summed E-state index contributed by atoms with van der Waals surface area (Å²) in [6.45, 7) is 0. The quantitative estimate of drug-likeness (QED) is 0.434. The lowest BCUT2D eigenvalue weighted by Crippen LogP contribution is -1.84. The Labute approximate surface area is 164 Å². The number of hydrogen-bond acceptors (Lipinski definition) is 4. The summed E-state index contributed by atoms with van der Waals surface area (Å²) in [6, 6.07) is 18.6. The first kappa shape index (κ1) is 17.2. The Hall–Kier alpha value is -2.21. The Bertz CT molecular complexity index is 963. The molecule has 0 bridgehead atoms. The molecule has 1 N–H and O–H groups in total. The molecule has 0 aliphatic rings. The molecule has 2 aromatic heterocycles. The first-order chi connectivity index (χ1) is 12.8. The molecule has 0 spiro atoms. The van der Waals surface area contributed by atoms with Crippen LogP contribution in [0.5, 0.6) is 0 Å². The summed E-state index contributed by atoms with van der Waals surface area (Å²) in [4.78, 5) is 2.10. The standard InChI is InChI=1S/C19H14Cl2N4S/c20-10-12-3-1-5-14(7-12)16-9-17(19-22-24-25-23-19)26-18(16)15-6-2-4-13(8-15)11-21/h1-9H,10-11H2,(H,22,23,24,25). The minimum atomic E-state index is 0.479. The van der Waals surface area contributed by atoms with E-state index in [1.54, 1.807) is 11.3 Å². The second kappa shape index (κ2) is 7.58. The third kappa shape index (κ3) is 3.38. The van der Waals surface area contributed by atoms with Crippen LogP contribution in [0.2, 0.25) is 0 Å². The second-order valence-electron chi connectivity index (χ2n) is 5.76. The summed E-state index contributed by atoms with van der Waals surface area (Å²) in [5.74, 6) is 1.55. The van der Waals surface area contributed by atoms with Gasteiger partial charge in [0.05, 0.1) is 4.88 Å². The first-order valence-electron chi connectivity index (χ1n) is 7.96. The van der Waals surface area contributed by atoms with E-state index in [1.807, 2.05) is 24.3 Å². The predicted molar refractivity (Wildman–Crippen MR) is 107 cm³/mol. The normalized spacial score (nSPS) is 11.0. The summed E-state index contributed by atoms with van der Waals surface area (Å²) in [5.41, 5.74) is 5.51. The van der Waals surface area contributed by atoms with Gasteiger partial charge >= 0.3 is 0 Å².